The van der Waals surface area contributed by atoms with Crippen LogP contribution in [-0.2, 0) is 4.74 Å². The number of carbonyl (C=O) groups is 1. The summed E-state index contributed by atoms with van der Waals surface area (Å²) in [5.74, 6) is -0.229. The maximum Gasteiger partial charge on any atom is 0.338 e. The monoisotopic (exact) mass is 335 g/mol. The molecule has 0 aromatic carbocycles. The van der Waals surface area contributed by atoms with Crippen molar-refractivity contribution in [1.82, 2.24) is 4.90 Å². The fraction of sp³-hybridized carbons (Fsp3) is 0.632. The number of allylic oxidation sites excluding steroid dienone is 1. The molecule has 0 spiro atoms. The van der Waals surface area contributed by atoms with Gasteiger partial charge in [-0.05, 0) is 58.1 Å². The number of hydrogen-bond donors (Lipinski definition) is 0. The highest BCUT2D eigenvalue weighted by Crippen LogP contribution is 2.36. The van der Waals surface area contributed by atoms with Gasteiger partial charge >= 0.3 is 5.97 Å². The van der Waals surface area contributed by atoms with E-state index in [0.717, 1.165) is 37.9 Å². The first-order chi connectivity index (χ1) is 10.8. The van der Waals surface area contributed by atoms with Crippen molar-refractivity contribution in [2.24, 2.45) is 0 Å². The van der Waals surface area contributed by atoms with Gasteiger partial charge in [0.05, 0.1) is 12.7 Å². The van der Waals surface area contributed by atoms with Crippen LogP contribution in [0.5, 0.6) is 0 Å². The predicted octanol–water partition coefficient (Wildman–Crippen LogP) is 4.90. The van der Waals surface area contributed by atoms with Crippen LogP contribution in [0.1, 0.15) is 67.8 Å². The summed E-state index contributed by atoms with van der Waals surface area (Å²) in [4.78, 5) is 15.7. The van der Waals surface area contributed by atoms with Crippen LogP contribution in [0.15, 0.2) is 11.0 Å². The summed E-state index contributed by atoms with van der Waals surface area (Å²) in [5.41, 5.74) is 5.04. The minimum Gasteiger partial charge on any atom is -0.465 e. The molecule has 0 atom stereocenters. The third-order valence-electron chi connectivity index (χ3n) is 4.81. The first-order valence-electron chi connectivity index (χ1n) is 8.42. The van der Waals surface area contributed by atoms with Crippen molar-refractivity contribution in [3.8, 4) is 0 Å². The Kier molecular flexibility index (Phi) is 5.69. The molecule has 0 N–H and O–H groups in total. The van der Waals surface area contributed by atoms with Gasteiger partial charge in [-0.3, -0.25) is 4.90 Å². The lowest BCUT2D eigenvalue weighted by Crippen LogP contribution is -2.44. The van der Waals surface area contributed by atoms with Gasteiger partial charge in [0.25, 0.3) is 0 Å². The van der Waals surface area contributed by atoms with E-state index >= 15 is 0 Å². The molecule has 0 radical (unpaired) electrons. The molecule has 23 heavy (non-hydrogen) atoms. The Morgan fingerprint density at radius 1 is 1.30 bits per heavy atom. The van der Waals surface area contributed by atoms with Gasteiger partial charge in [-0.2, -0.15) is 0 Å². The number of methoxy groups -OCH3 is 1. The lowest BCUT2D eigenvalue weighted by Gasteiger charge is -2.39. The molecule has 1 fully saturated rings. The minimum absolute atomic E-state index is 0.229. The maximum absolute atomic E-state index is 11.8. The van der Waals surface area contributed by atoms with Crippen LogP contribution in [0.2, 0.25) is 0 Å². The topological polar surface area (TPSA) is 29.5 Å². The largest absolute Gasteiger partial charge is 0.465 e. The molecule has 0 saturated carbocycles. The number of rotatable bonds is 3. The lowest BCUT2D eigenvalue weighted by atomic mass is 9.91. The lowest BCUT2D eigenvalue weighted by molar-refractivity contribution is 0.0600. The number of esters is 1. The predicted molar refractivity (Wildman–Crippen MR) is 98.2 cm³/mol. The molecule has 1 saturated heterocycles. The standard InChI is InChI=1S/C19H29NO2S/c1-7-15(14-8-10-20(11-9-14)19(3,4)5)17-13(2)16(12-23-17)18(21)22-6/h12H,7-11H2,1-6H3. The fourth-order valence-electron chi connectivity index (χ4n) is 3.35. The second kappa shape index (κ2) is 7.18. The van der Waals surface area contributed by atoms with E-state index in [1.165, 1.54) is 17.6 Å². The van der Waals surface area contributed by atoms with Crippen molar-refractivity contribution < 1.29 is 9.53 Å². The Balaban J connectivity index is 2.27. The van der Waals surface area contributed by atoms with Gasteiger partial charge in [-0.1, -0.05) is 12.5 Å². The summed E-state index contributed by atoms with van der Waals surface area (Å²) in [6.07, 6.45) is 3.28. The van der Waals surface area contributed by atoms with Gasteiger partial charge in [-0.25, -0.2) is 4.79 Å². The summed E-state index contributed by atoms with van der Waals surface area (Å²) >= 11 is 1.68. The van der Waals surface area contributed by atoms with Crippen LogP contribution in [0, 0.1) is 6.92 Å². The molecule has 0 amide bonds. The van der Waals surface area contributed by atoms with E-state index in [4.69, 9.17) is 4.74 Å². The Hall–Kier alpha value is -1.13. The summed E-state index contributed by atoms with van der Waals surface area (Å²) in [6.45, 7) is 13.4. The second-order valence-electron chi connectivity index (χ2n) is 7.19. The zero-order valence-corrected chi connectivity index (χ0v) is 16.1. The molecule has 3 nitrogen and oxygen atoms in total. The van der Waals surface area contributed by atoms with Gasteiger partial charge in [-0.15, -0.1) is 11.3 Å². The number of carbonyl (C=O) groups excluding carboxylic acids is 1. The van der Waals surface area contributed by atoms with Crippen LogP contribution < -0.4 is 0 Å². The van der Waals surface area contributed by atoms with Gasteiger partial charge in [0.2, 0.25) is 0 Å². The van der Waals surface area contributed by atoms with Gasteiger partial charge in [0.1, 0.15) is 0 Å². The number of piperidine rings is 1. The highest BCUT2D eigenvalue weighted by atomic mass is 32.1. The van der Waals surface area contributed by atoms with E-state index in [1.807, 2.05) is 12.3 Å². The molecular weight excluding hydrogens is 306 g/mol. The summed E-state index contributed by atoms with van der Waals surface area (Å²) in [5, 5.41) is 1.94. The van der Waals surface area contributed by atoms with Crippen molar-refractivity contribution in [2.75, 3.05) is 20.2 Å². The quantitative estimate of drug-likeness (QED) is 0.736. The molecule has 0 bridgehead atoms. The van der Waals surface area contributed by atoms with E-state index in [9.17, 15) is 4.79 Å². The molecule has 2 heterocycles. The molecule has 0 aliphatic carbocycles. The van der Waals surface area contributed by atoms with Crippen molar-refractivity contribution in [3.05, 3.63) is 27.0 Å². The Bertz CT molecular complexity index is 597. The third kappa shape index (κ3) is 3.86. The summed E-state index contributed by atoms with van der Waals surface area (Å²) in [7, 11) is 1.44. The normalized spacial score (nSPS) is 16.5. The SMILES string of the molecule is CCC(=C1CCN(C(C)(C)C)CC1)c1scc(C(=O)OC)c1C. The Morgan fingerprint density at radius 3 is 2.39 bits per heavy atom. The first kappa shape index (κ1) is 18.2. The van der Waals surface area contributed by atoms with Crippen molar-refractivity contribution in [3.63, 3.8) is 0 Å². The van der Waals surface area contributed by atoms with Gasteiger partial charge in [0.15, 0.2) is 0 Å². The first-order valence-corrected chi connectivity index (χ1v) is 9.30. The number of nitrogens with zero attached hydrogens (tertiary/aromatic N) is 1. The fourth-order valence-corrected chi connectivity index (χ4v) is 4.57. The van der Waals surface area contributed by atoms with Gasteiger partial charge in [0, 0.05) is 28.9 Å². The van der Waals surface area contributed by atoms with Crippen molar-refractivity contribution in [2.45, 2.75) is 59.4 Å². The third-order valence-corrected chi connectivity index (χ3v) is 5.96. The van der Waals surface area contributed by atoms with E-state index in [-0.39, 0.29) is 11.5 Å². The maximum atomic E-state index is 11.8. The molecule has 1 aromatic rings. The molecule has 2 rings (SSSR count). The molecule has 128 valence electrons. The van der Waals surface area contributed by atoms with Crippen LogP contribution >= 0.6 is 11.3 Å². The van der Waals surface area contributed by atoms with Crippen LogP contribution in [0.4, 0.5) is 0 Å². The van der Waals surface area contributed by atoms with Crippen molar-refractivity contribution >= 4 is 22.9 Å². The summed E-state index contributed by atoms with van der Waals surface area (Å²) in [6, 6.07) is 0. The minimum atomic E-state index is -0.229. The number of thiophene rings is 1. The molecule has 1 aliphatic heterocycles. The van der Waals surface area contributed by atoms with Crippen LogP contribution in [0.3, 0.4) is 0 Å². The zero-order valence-electron chi connectivity index (χ0n) is 15.3. The van der Waals surface area contributed by atoms with Crippen LogP contribution in [0.25, 0.3) is 5.57 Å². The second-order valence-corrected chi connectivity index (χ2v) is 8.07. The molecule has 0 unspecified atom stereocenters. The molecule has 1 aromatic heterocycles. The Labute approximate surface area is 144 Å². The van der Waals surface area contributed by atoms with Crippen LogP contribution in [-0.4, -0.2) is 36.6 Å². The average molecular weight is 336 g/mol. The summed E-state index contributed by atoms with van der Waals surface area (Å²) < 4.78 is 4.89. The van der Waals surface area contributed by atoms with E-state index < -0.39 is 0 Å². The highest BCUT2D eigenvalue weighted by molar-refractivity contribution is 7.11. The van der Waals surface area contributed by atoms with E-state index in [2.05, 4.69) is 32.6 Å². The smallest absolute Gasteiger partial charge is 0.338 e. The van der Waals surface area contributed by atoms with Gasteiger partial charge < -0.3 is 4.74 Å². The molecular formula is C19H29NO2S. The number of likely N-dealkylation sites (tertiary alicyclic amines) is 1. The molecule has 4 heteroatoms. The van der Waals surface area contributed by atoms with Crippen molar-refractivity contribution in [1.29, 1.82) is 0 Å². The zero-order chi connectivity index (χ0) is 17.2. The van der Waals surface area contributed by atoms with E-state index in [0.29, 0.717) is 5.56 Å². The highest BCUT2D eigenvalue weighted by Gasteiger charge is 2.26. The Morgan fingerprint density at radius 2 is 1.91 bits per heavy atom. The number of hydrogen-bond acceptors (Lipinski definition) is 4. The number of ether oxygens (including phenoxy) is 1. The molecule has 1 aliphatic rings. The average Bonchev–Trinajstić information content (AvgIpc) is 2.89. The van der Waals surface area contributed by atoms with E-state index in [1.54, 1.807) is 16.9 Å².